The monoisotopic (exact) mass is 253 g/mol. The van der Waals surface area contributed by atoms with E-state index in [2.05, 4.69) is 15.3 Å². The summed E-state index contributed by atoms with van der Waals surface area (Å²) in [6, 6.07) is 0. The van der Waals surface area contributed by atoms with Gasteiger partial charge in [-0.25, -0.2) is 9.97 Å². The molecule has 0 aliphatic rings. The quantitative estimate of drug-likeness (QED) is 0.639. The minimum Gasteiger partial charge on any atom is -0.388 e. The van der Waals surface area contributed by atoms with E-state index < -0.39 is 5.41 Å². The maximum absolute atomic E-state index is 11.1. The average Bonchev–Trinajstić information content (AvgIpc) is 2.27. The molecule has 0 radical (unpaired) electrons. The van der Waals surface area contributed by atoms with E-state index in [-0.39, 0.29) is 10.9 Å². The van der Waals surface area contributed by atoms with E-state index in [0.29, 0.717) is 18.1 Å². The summed E-state index contributed by atoms with van der Waals surface area (Å²) in [5.74, 6) is 0.164. The molecule has 1 heterocycles. The maximum Gasteiger partial charge on any atom is 0.224 e. The van der Waals surface area contributed by atoms with Gasteiger partial charge in [0.15, 0.2) is 0 Å². The number of nitrogens with zero attached hydrogens (tertiary/aromatic N) is 2. The van der Waals surface area contributed by atoms with E-state index >= 15 is 0 Å². The molecule has 0 saturated heterocycles. The molecule has 92 valence electrons. The van der Waals surface area contributed by atoms with Gasteiger partial charge >= 0.3 is 0 Å². The van der Waals surface area contributed by atoms with Gasteiger partial charge in [0.1, 0.15) is 16.5 Å². The summed E-state index contributed by atoms with van der Waals surface area (Å²) in [4.78, 5) is 19.4. The predicted octanol–water partition coefficient (Wildman–Crippen LogP) is 0.0342. The Morgan fingerprint density at radius 2 is 2.06 bits per heavy atom. The summed E-state index contributed by atoms with van der Waals surface area (Å²) >= 11 is 4.76. The first kappa shape index (κ1) is 13.3. The first-order valence-corrected chi connectivity index (χ1v) is 5.39. The Bertz CT molecular complexity index is 429. The summed E-state index contributed by atoms with van der Waals surface area (Å²) in [6.07, 6.45) is 2.98. The van der Waals surface area contributed by atoms with Gasteiger partial charge < -0.3 is 16.8 Å². The van der Waals surface area contributed by atoms with E-state index in [0.717, 1.165) is 0 Å². The molecule has 6 nitrogen and oxygen atoms in total. The molecule has 0 atom stereocenters. The Hall–Kier alpha value is -1.76. The van der Waals surface area contributed by atoms with Crippen LogP contribution in [-0.4, -0.2) is 27.4 Å². The van der Waals surface area contributed by atoms with Crippen molar-refractivity contribution < 1.29 is 4.79 Å². The van der Waals surface area contributed by atoms with Gasteiger partial charge in [-0.15, -0.1) is 0 Å². The van der Waals surface area contributed by atoms with Gasteiger partial charge in [-0.3, -0.25) is 4.79 Å². The second-order valence-electron chi connectivity index (χ2n) is 4.25. The highest BCUT2D eigenvalue weighted by Crippen LogP contribution is 2.14. The molecule has 0 aliphatic heterocycles. The number of primary amides is 1. The summed E-state index contributed by atoms with van der Waals surface area (Å²) in [5.41, 5.74) is 10.5. The van der Waals surface area contributed by atoms with Gasteiger partial charge in [-0.1, -0.05) is 12.2 Å². The molecule has 1 rings (SSSR count). The van der Waals surface area contributed by atoms with Crippen molar-refractivity contribution in [1.82, 2.24) is 9.97 Å². The number of hydrogen-bond acceptors (Lipinski definition) is 5. The fraction of sp³-hybridized carbons (Fsp3) is 0.400. The Labute approximate surface area is 105 Å². The Morgan fingerprint density at radius 3 is 2.47 bits per heavy atom. The molecule has 0 unspecified atom stereocenters. The minimum absolute atomic E-state index is 0.196. The number of amides is 1. The number of carbonyl (C=O) groups is 1. The molecule has 1 aromatic rings. The van der Waals surface area contributed by atoms with Crippen LogP contribution in [0.1, 0.15) is 19.5 Å². The van der Waals surface area contributed by atoms with Gasteiger partial charge in [0.25, 0.3) is 0 Å². The topological polar surface area (TPSA) is 107 Å². The second kappa shape index (κ2) is 5.05. The van der Waals surface area contributed by atoms with Gasteiger partial charge in [0, 0.05) is 6.54 Å². The lowest BCUT2D eigenvalue weighted by Gasteiger charge is -2.20. The summed E-state index contributed by atoms with van der Waals surface area (Å²) in [5, 5.41) is 2.97. The maximum atomic E-state index is 11.1. The molecule has 7 heteroatoms. The van der Waals surface area contributed by atoms with Crippen LogP contribution < -0.4 is 16.8 Å². The van der Waals surface area contributed by atoms with Crippen molar-refractivity contribution in [2.45, 2.75) is 13.8 Å². The summed E-state index contributed by atoms with van der Waals surface area (Å²) < 4.78 is 0. The van der Waals surface area contributed by atoms with Crippen LogP contribution in [0.2, 0.25) is 0 Å². The van der Waals surface area contributed by atoms with E-state index in [1.807, 2.05) is 0 Å². The van der Waals surface area contributed by atoms with Crippen LogP contribution in [0, 0.1) is 5.41 Å². The van der Waals surface area contributed by atoms with Crippen LogP contribution in [0.3, 0.4) is 0 Å². The van der Waals surface area contributed by atoms with Gasteiger partial charge in [0.2, 0.25) is 5.91 Å². The molecule has 0 spiro atoms. The van der Waals surface area contributed by atoms with Crippen molar-refractivity contribution in [2.24, 2.45) is 16.9 Å². The number of anilines is 1. The smallest absolute Gasteiger partial charge is 0.224 e. The highest BCUT2D eigenvalue weighted by molar-refractivity contribution is 7.80. The average molecular weight is 253 g/mol. The SMILES string of the molecule is CC(C)(CNc1cnc(C(N)=S)cn1)C(N)=O. The van der Waals surface area contributed by atoms with Crippen molar-refractivity contribution >= 4 is 28.9 Å². The molecule has 0 bridgehead atoms. The van der Waals surface area contributed by atoms with Crippen LogP contribution in [0.25, 0.3) is 0 Å². The van der Waals surface area contributed by atoms with Crippen molar-refractivity contribution in [2.75, 3.05) is 11.9 Å². The van der Waals surface area contributed by atoms with Gasteiger partial charge in [0.05, 0.1) is 17.8 Å². The van der Waals surface area contributed by atoms with Crippen LogP contribution >= 0.6 is 12.2 Å². The zero-order chi connectivity index (χ0) is 13.1. The van der Waals surface area contributed by atoms with Crippen LogP contribution in [0.5, 0.6) is 0 Å². The van der Waals surface area contributed by atoms with Crippen molar-refractivity contribution in [3.8, 4) is 0 Å². The van der Waals surface area contributed by atoms with Gasteiger partial charge in [-0.2, -0.15) is 0 Å². The molecule has 0 aliphatic carbocycles. The molecule has 17 heavy (non-hydrogen) atoms. The Morgan fingerprint density at radius 1 is 1.41 bits per heavy atom. The molecule has 5 N–H and O–H groups in total. The molecule has 1 aromatic heterocycles. The molecular formula is C10H15N5OS. The van der Waals surface area contributed by atoms with Crippen LogP contribution in [-0.2, 0) is 4.79 Å². The van der Waals surface area contributed by atoms with E-state index in [1.165, 1.54) is 12.4 Å². The number of aromatic nitrogens is 2. The van der Waals surface area contributed by atoms with E-state index in [1.54, 1.807) is 13.8 Å². The fourth-order valence-corrected chi connectivity index (χ4v) is 1.05. The van der Waals surface area contributed by atoms with E-state index in [9.17, 15) is 4.79 Å². The standard InChI is InChI=1S/C10H15N5OS/c1-10(2,9(12)16)5-15-7-4-13-6(3-14-7)8(11)17/h3-4H,5H2,1-2H3,(H2,11,17)(H2,12,16)(H,14,15). The lowest BCUT2D eigenvalue weighted by molar-refractivity contribution is -0.125. The molecule has 0 saturated carbocycles. The number of rotatable bonds is 5. The highest BCUT2D eigenvalue weighted by Gasteiger charge is 2.24. The number of nitrogens with two attached hydrogens (primary N) is 2. The van der Waals surface area contributed by atoms with E-state index in [4.69, 9.17) is 23.7 Å². The van der Waals surface area contributed by atoms with Crippen LogP contribution in [0.15, 0.2) is 12.4 Å². The van der Waals surface area contributed by atoms with Crippen molar-refractivity contribution in [3.05, 3.63) is 18.1 Å². The zero-order valence-corrected chi connectivity index (χ0v) is 10.5. The normalized spacial score (nSPS) is 10.9. The summed E-state index contributed by atoms with van der Waals surface area (Å²) in [7, 11) is 0. The van der Waals surface area contributed by atoms with Crippen LogP contribution in [0.4, 0.5) is 5.82 Å². The predicted molar refractivity (Wildman–Crippen MR) is 69.4 cm³/mol. The number of nitrogens with one attached hydrogen (secondary N) is 1. The lowest BCUT2D eigenvalue weighted by Crippen LogP contribution is -2.37. The Balaban J connectivity index is 2.65. The molecule has 1 amide bonds. The minimum atomic E-state index is -0.649. The fourth-order valence-electron chi connectivity index (χ4n) is 0.945. The molecule has 0 aromatic carbocycles. The first-order chi connectivity index (χ1) is 7.83. The second-order valence-corrected chi connectivity index (χ2v) is 4.69. The van der Waals surface area contributed by atoms with Gasteiger partial charge in [-0.05, 0) is 13.8 Å². The zero-order valence-electron chi connectivity index (χ0n) is 9.73. The summed E-state index contributed by atoms with van der Waals surface area (Å²) in [6.45, 7) is 3.88. The first-order valence-electron chi connectivity index (χ1n) is 4.98. The number of thiocarbonyl (C=S) groups is 1. The third kappa shape index (κ3) is 3.63. The molecule has 0 fully saturated rings. The largest absolute Gasteiger partial charge is 0.388 e. The third-order valence-corrected chi connectivity index (χ3v) is 2.49. The highest BCUT2D eigenvalue weighted by atomic mass is 32.1. The van der Waals surface area contributed by atoms with Crippen molar-refractivity contribution in [3.63, 3.8) is 0 Å². The number of hydrogen-bond donors (Lipinski definition) is 3. The lowest BCUT2D eigenvalue weighted by atomic mass is 9.93. The number of carbonyl (C=O) groups excluding carboxylic acids is 1. The molecular weight excluding hydrogens is 238 g/mol. The van der Waals surface area contributed by atoms with Crippen molar-refractivity contribution in [1.29, 1.82) is 0 Å². The third-order valence-electron chi connectivity index (χ3n) is 2.28. The Kier molecular flexibility index (Phi) is 3.95.